The molecule has 1 rings (SSSR count). The maximum atomic E-state index is 8.76. The summed E-state index contributed by atoms with van der Waals surface area (Å²) in [5, 5.41) is 9.05. The van der Waals surface area contributed by atoms with Crippen molar-refractivity contribution < 1.29 is 4.43 Å². The topological polar surface area (TPSA) is 33.0 Å². The molecule has 21 heavy (non-hydrogen) atoms. The molecular formula is C17H27NOSSi. The first kappa shape index (κ1) is 18.3. The number of nitriles is 1. The third-order valence-corrected chi connectivity index (χ3v) is 9.70. The Morgan fingerprint density at radius 1 is 1.14 bits per heavy atom. The van der Waals surface area contributed by atoms with E-state index in [9.17, 15) is 0 Å². The molecule has 1 aromatic carbocycles. The van der Waals surface area contributed by atoms with Gasteiger partial charge in [-0.1, -0.05) is 20.8 Å². The second kappa shape index (κ2) is 8.02. The van der Waals surface area contributed by atoms with Crippen LogP contribution in [0.1, 0.15) is 39.2 Å². The number of hydrogen-bond acceptors (Lipinski definition) is 3. The summed E-state index contributed by atoms with van der Waals surface area (Å²) in [7, 11) is -1.58. The molecule has 0 unspecified atom stereocenters. The molecule has 0 aliphatic heterocycles. The number of rotatable bonds is 7. The van der Waals surface area contributed by atoms with Gasteiger partial charge in [0.15, 0.2) is 8.32 Å². The fourth-order valence-electron chi connectivity index (χ4n) is 1.56. The van der Waals surface area contributed by atoms with Crippen molar-refractivity contribution in [1.82, 2.24) is 0 Å². The van der Waals surface area contributed by atoms with Crippen LogP contribution in [0.3, 0.4) is 0 Å². The summed E-state index contributed by atoms with van der Waals surface area (Å²) in [5.41, 5.74) is 0.724. The van der Waals surface area contributed by atoms with Gasteiger partial charge in [0.25, 0.3) is 0 Å². The monoisotopic (exact) mass is 321 g/mol. The summed E-state index contributed by atoms with van der Waals surface area (Å²) >= 11 is 1.85. The Kier molecular flexibility index (Phi) is 6.99. The summed E-state index contributed by atoms with van der Waals surface area (Å²) in [6.07, 6.45) is 2.29. The highest BCUT2D eigenvalue weighted by molar-refractivity contribution is 7.99. The van der Waals surface area contributed by atoms with Gasteiger partial charge < -0.3 is 4.43 Å². The molecule has 0 bridgehead atoms. The van der Waals surface area contributed by atoms with Crippen LogP contribution in [0.15, 0.2) is 29.2 Å². The van der Waals surface area contributed by atoms with E-state index in [4.69, 9.17) is 9.69 Å². The van der Waals surface area contributed by atoms with Gasteiger partial charge in [-0.25, -0.2) is 0 Å². The average Bonchev–Trinajstić information content (AvgIpc) is 2.42. The van der Waals surface area contributed by atoms with E-state index in [1.54, 1.807) is 0 Å². The van der Waals surface area contributed by atoms with E-state index in [0.29, 0.717) is 5.04 Å². The van der Waals surface area contributed by atoms with E-state index in [-0.39, 0.29) is 0 Å². The number of nitrogens with zero attached hydrogens (tertiary/aromatic N) is 1. The molecule has 1 aromatic rings. The van der Waals surface area contributed by atoms with E-state index < -0.39 is 8.32 Å². The zero-order valence-corrected chi connectivity index (χ0v) is 15.7. The largest absolute Gasteiger partial charge is 0.417 e. The van der Waals surface area contributed by atoms with Gasteiger partial charge in [0.1, 0.15) is 0 Å². The van der Waals surface area contributed by atoms with Crippen molar-refractivity contribution in [2.24, 2.45) is 0 Å². The molecule has 0 N–H and O–H groups in total. The minimum absolute atomic E-state index is 0.296. The first-order valence-electron chi connectivity index (χ1n) is 7.53. The third-order valence-electron chi connectivity index (χ3n) is 4.06. The zero-order valence-electron chi connectivity index (χ0n) is 13.9. The van der Waals surface area contributed by atoms with Gasteiger partial charge in [-0.05, 0) is 61.0 Å². The van der Waals surface area contributed by atoms with E-state index in [2.05, 4.69) is 39.9 Å². The second-order valence-corrected chi connectivity index (χ2v) is 12.8. The predicted octanol–water partition coefficient (Wildman–Crippen LogP) is 5.45. The molecule has 0 spiro atoms. The average molecular weight is 322 g/mol. The molecule has 0 radical (unpaired) electrons. The summed E-state index contributed by atoms with van der Waals surface area (Å²) in [6, 6.07) is 9.94. The molecular weight excluding hydrogens is 294 g/mol. The van der Waals surface area contributed by atoms with E-state index in [1.807, 2.05) is 36.0 Å². The molecule has 0 fully saturated rings. The maximum absolute atomic E-state index is 8.76. The van der Waals surface area contributed by atoms with Crippen LogP contribution in [0.2, 0.25) is 18.1 Å². The van der Waals surface area contributed by atoms with Gasteiger partial charge in [-0.15, -0.1) is 11.8 Å². The number of hydrogen-bond donors (Lipinski definition) is 0. The number of benzene rings is 1. The highest BCUT2D eigenvalue weighted by atomic mass is 32.2. The van der Waals surface area contributed by atoms with Gasteiger partial charge in [0, 0.05) is 11.5 Å². The summed E-state index contributed by atoms with van der Waals surface area (Å²) in [5.74, 6) is 1.10. The highest BCUT2D eigenvalue weighted by Crippen LogP contribution is 2.36. The molecule has 0 saturated heterocycles. The second-order valence-electron chi connectivity index (χ2n) is 6.80. The lowest BCUT2D eigenvalue weighted by Gasteiger charge is -2.36. The fraction of sp³-hybridized carbons (Fsp3) is 0.588. The SMILES string of the molecule is CC(C)(C)[Si](C)(C)OCCCCSc1ccc(C#N)cc1. The standard InChI is InChI=1S/C17H27NOSSi/c1-17(2,3)21(4,5)19-12-6-7-13-20-16-10-8-15(14-18)9-11-16/h8-11H,6-7,12-13H2,1-5H3. The minimum Gasteiger partial charge on any atom is -0.417 e. The smallest absolute Gasteiger partial charge is 0.191 e. The molecule has 116 valence electrons. The molecule has 0 aliphatic carbocycles. The van der Waals surface area contributed by atoms with E-state index in [1.165, 1.54) is 11.3 Å². The summed E-state index contributed by atoms with van der Waals surface area (Å²) in [4.78, 5) is 1.24. The highest BCUT2D eigenvalue weighted by Gasteiger charge is 2.36. The van der Waals surface area contributed by atoms with Crippen LogP contribution >= 0.6 is 11.8 Å². The van der Waals surface area contributed by atoms with Crippen molar-refractivity contribution in [3.8, 4) is 6.07 Å². The Hall–Kier alpha value is -0.763. The zero-order chi connectivity index (χ0) is 15.9. The van der Waals surface area contributed by atoms with Crippen LogP contribution < -0.4 is 0 Å². The van der Waals surface area contributed by atoms with E-state index in [0.717, 1.165) is 24.3 Å². The van der Waals surface area contributed by atoms with Crippen LogP contribution in [0.5, 0.6) is 0 Å². The number of unbranched alkanes of at least 4 members (excludes halogenated alkanes) is 1. The normalized spacial score (nSPS) is 12.2. The van der Waals surface area contributed by atoms with Crippen molar-refractivity contribution >= 4 is 20.1 Å². The van der Waals surface area contributed by atoms with Gasteiger partial charge in [-0.3, -0.25) is 0 Å². The Labute approximate surface area is 135 Å². The molecule has 0 saturated carbocycles. The van der Waals surface area contributed by atoms with Crippen LogP contribution in [0.25, 0.3) is 0 Å². The summed E-state index contributed by atoms with van der Waals surface area (Å²) in [6.45, 7) is 12.3. The van der Waals surface area contributed by atoms with Crippen molar-refractivity contribution in [1.29, 1.82) is 5.26 Å². The van der Waals surface area contributed by atoms with Crippen LogP contribution in [-0.4, -0.2) is 20.7 Å². The fourth-order valence-corrected chi connectivity index (χ4v) is 3.56. The Balaban J connectivity index is 2.19. The lowest BCUT2D eigenvalue weighted by atomic mass is 10.2. The Morgan fingerprint density at radius 2 is 1.76 bits per heavy atom. The number of thioether (sulfide) groups is 1. The minimum atomic E-state index is -1.58. The Bertz CT molecular complexity index is 471. The van der Waals surface area contributed by atoms with Gasteiger partial charge in [-0.2, -0.15) is 5.26 Å². The maximum Gasteiger partial charge on any atom is 0.191 e. The molecule has 4 heteroatoms. The van der Waals surface area contributed by atoms with Crippen molar-refractivity contribution in [3.63, 3.8) is 0 Å². The molecule has 0 atom stereocenters. The third kappa shape index (κ3) is 6.25. The molecule has 2 nitrogen and oxygen atoms in total. The van der Waals surface area contributed by atoms with Crippen molar-refractivity contribution in [3.05, 3.63) is 29.8 Å². The van der Waals surface area contributed by atoms with Crippen molar-refractivity contribution in [2.45, 2.75) is 56.6 Å². The van der Waals surface area contributed by atoms with Crippen LogP contribution in [0.4, 0.5) is 0 Å². The van der Waals surface area contributed by atoms with Gasteiger partial charge in [0.05, 0.1) is 11.6 Å². The molecule has 0 heterocycles. The van der Waals surface area contributed by atoms with Crippen LogP contribution in [-0.2, 0) is 4.43 Å². The Morgan fingerprint density at radius 3 is 2.29 bits per heavy atom. The molecule has 0 amide bonds. The quantitative estimate of drug-likeness (QED) is 0.380. The van der Waals surface area contributed by atoms with Gasteiger partial charge in [0.2, 0.25) is 0 Å². The summed E-state index contributed by atoms with van der Waals surface area (Å²) < 4.78 is 6.17. The first-order valence-corrected chi connectivity index (χ1v) is 11.4. The van der Waals surface area contributed by atoms with Crippen molar-refractivity contribution in [2.75, 3.05) is 12.4 Å². The molecule has 0 aliphatic rings. The first-order chi connectivity index (χ1) is 9.76. The van der Waals surface area contributed by atoms with Gasteiger partial charge >= 0.3 is 0 Å². The predicted molar refractivity (Wildman–Crippen MR) is 94.3 cm³/mol. The lowest BCUT2D eigenvalue weighted by molar-refractivity contribution is 0.281. The lowest BCUT2D eigenvalue weighted by Crippen LogP contribution is -2.40. The molecule has 0 aromatic heterocycles. The van der Waals surface area contributed by atoms with Crippen LogP contribution in [0, 0.1) is 11.3 Å². The van der Waals surface area contributed by atoms with E-state index >= 15 is 0 Å².